The number of hydrogen-bond donors (Lipinski definition) is 1. The number of halogens is 2. The molecule has 0 aromatic carbocycles. The Morgan fingerprint density at radius 1 is 1.61 bits per heavy atom. The Morgan fingerprint density at radius 2 is 2.22 bits per heavy atom. The molecular formula is C9H8F2N2O5. The number of hydrogen-bond acceptors (Lipinski definition) is 5. The normalized spacial score (nSPS) is 10.4. The third kappa shape index (κ3) is 2.67. The van der Waals surface area contributed by atoms with Crippen molar-refractivity contribution in [2.75, 3.05) is 7.11 Å². The largest absolute Gasteiger partial charge is 0.469 e. The fourth-order valence-corrected chi connectivity index (χ4v) is 1.28. The van der Waals surface area contributed by atoms with Gasteiger partial charge in [0.2, 0.25) is 0 Å². The Morgan fingerprint density at radius 3 is 2.67 bits per heavy atom. The highest BCUT2D eigenvalue weighted by molar-refractivity contribution is 5.73. The summed E-state index contributed by atoms with van der Waals surface area (Å²) in [4.78, 5) is 34.1. The highest BCUT2D eigenvalue weighted by Gasteiger charge is 2.27. The van der Waals surface area contributed by atoms with Crippen molar-refractivity contribution >= 4 is 11.7 Å². The number of esters is 1. The predicted octanol–water partition coefficient (Wildman–Crippen LogP) is 0.936. The number of carbonyl (C=O) groups excluding carboxylic acids is 1. The van der Waals surface area contributed by atoms with E-state index in [9.17, 15) is 28.5 Å². The zero-order chi connectivity index (χ0) is 13.9. The number of aromatic nitrogens is 1. The van der Waals surface area contributed by atoms with Crippen LogP contribution in [0.2, 0.25) is 0 Å². The summed E-state index contributed by atoms with van der Waals surface area (Å²) in [5, 5.41) is 10.7. The summed E-state index contributed by atoms with van der Waals surface area (Å²) >= 11 is 0. The zero-order valence-electron chi connectivity index (χ0n) is 9.11. The van der Waals surface area contributed by atoms with Crippen LogP contribution in [-0.4, -0.2) is 23.0 Å². The van der Waals surface area contributed by atoms with Gasteiger partial charge in [-0.25, -0.2) is 8.78 Å². The number of pyridine rings is 1. The quantitative estimate of drug-likeness (QED) is 0.494. The van der Waals surface area contributed by atoms with E-state index >= 15 is 0 Å². The van der Waals surface area contributed by atoms with E-state index in [4.69, 9.17) is 0 Å². The van der Waals surface area contributed by atoms with Gasteiger partial charge in [0.15, 0.2) is 0 Å². The average Bonchev–Trinajstić information content (AvgIpc) is 2.27. The molecule has 0 saturated carbocycles. The molecule has 1 rings (SSSR count). The van der Waals surface area contributed by atoms with E-state index in [1.807, 2.05) is 0 Å². The molecule has 1 N–H and O–H groups in total. The first-order chi connectivity index (χ1) is 8.38. The minimum atomic E-state index is -3.14. The first kappa shape index (κ1) is 13.7. The molecule has 0 atom stereocenters. The lowest BCUT2D eigenvalue weighted by atomic mass is 10.1. The molecule has 1 aromatic rings. The Kier molecular flexibility index (Phi) is 4.08. The van der Waals surface area contributed by atoms with E-state index in [1.54, 1.807) is 0 Å². The van der Waals surface area contributed by atoms with Crippen molar-refractivity contribution in [1.82, 2.24) is 4.98 Å². The lowest BCUT2D eigenvalue weighted by Gasteiger charge is -2.04. The topological polar surface area (TPSA) is 102 Å². The van der Waals surface area contributed by atoms with Crippen LogP contribution in [0.15, 0.2) is 11.0 Å². The fourth-order valence-electron chi connectivity index (χ4n) is 1.28. The van der Waals surface area contributed by atoms with Crippen molar-refractivity contribution in [2.24, 2.45) is 0 Å². The molecule has 9 heteroatoms. The van der Waals surface area contributed by atoms with Gasteiger partial charge >= 0.3 is 11.7 Å². The van der Waals surface area contributed by atoms with Crippen LogP contribution in [0.5, 0.6) is 0 Å². The second-order valence-corrected chi connectivity index (χ2v) is 3.21. The molecule has 0 fully saturated rings. The SMILES string of the molecule is COC(=O)Cc1[nH]cc(C(F)F)c(=O)c1[N+](=O)[O-]. The van der Waals surface area contributed by atoms with E-state index in [-0.39, 0.29) is 5.69 Å². The van der Waals surface area contributed by atoms with Crippen molar-refractivity contribution in [1.29, 1.82) is 0 Å². The molecule has 1 heterocycles. The van der Waals surface area contributed by atoms with E-state index in [2.05, 4.69) is 9.72 Å². The summed E-state index contributed by atoms with van der Waals surface area (Å²) in [6, 6.07) is 0. The van der Waals surface area contributed by atoms with Crippen molar-refractivity contribution in [3.05, 3.63) is 37.8 Å². The average molecular weight is 262 g/mol. The molecule has 0 spiro atoms. The van der Waals surface area contributed by atoms with Crippen LogP contribution in [0.3, 0.4) is 0 Å². The molecule has 0 radical (unpaired) electrons. The third-order valence-electron chi connectivity index (χ3n) is 2.13. The summed E-state index contributed by atoms with van der Waals surface area (Å²) in [5.41, 5.74) is -3.87. The summed E-state index contributed by atoms with van der Waals surface area (Å²) < 4.78 is 29.1. The van der Waals surface area contributed by atoms with Crippen molar-refractivity contribution < 1.29 is 23.2 Å². The minimum absolute atomic E-state index is 0.374. The van der Waals surface area contributed by atoms with Gasteiger partial charge in [-0.15, -0.1) is 0 Å². The van der Waals surface area contributed by atoms with E-state index in [0.29, 0.717) is 6.20 Å². The number of carbonyl (C=O) groups is 1. The lowest BCUT2D eigenvalue weighted by molar-refractivity contribution is -0.387. The number of nitro groups is 1. The summed E-state index contributed by atoms with van der Waals surface area (Å²) in [6.07, 6.45) is -3.07. The molecule has 1 aromatic heterocycles. The number of methoxy groups -OCH3 is 1. The molecule has 7 nitrogen and oxygen atoms in total. The molecule has 0 aliphatic rings. The number of rotatable bonds is 4. The summed E-state index contributed by atoms with van der Waals surface area (Å²) in [5.74, 6) is -0.835. The van der Waals surface area contributed by atoms with Crippen LogP contribution in [0, 0.1) is 10.1 Å². The molecule has 0 bridgehead atoms. The lowest BCUT2D eigenvalue weighted by Crippen LogP contribution is -2.19. The van der Waals surface area contributed by atoms with Gasteiger partial charge in [0, 0.05) is 6.20 Å². The van der Waals surface area contributed by atoms with Gasteiger partial charge in [0.05, 0.1) is 24.0 Å². The van der Waals surface area contributed by atoms with E-state index in [1.165, 1.54) is 0 Å². The second kappa shape index (κ2) is 5.34. The van der Waals surface area contributed by atoms with Gasteiger partial charge in [-0.1, -0.05) is 0 Å². The monoisotopic (exact) mass is 262 g/mol. The molecule has 0 aliphatic carbocycles. The smallest absolute Gasteiger partial charge is 0.336 e. The maximum Gasteiger partial charge on any atom is 0.336 e. The second-order valence-electron chi connectivity index (χ2n) is 3.21. The number of H-pyrrole nitrogens is 1. The van der Waals surface area contributed by atoms with Gasteiger partial charge in [0.25, 0.3) is 11.9 Å². The van der Waals surface area contributed by atoms with Gasteiger partial charge in [-0.05, 0) is 0 Å². The summed E-state index contributed by atoms with van der Waals surface area (Å²) in [7, 11) is 1.06. The van der Waals surface area contributed by atoms with Crippen LogP contribution >= 0.6 is 0 Å². The van der Waals surface area contributed by atoms with E-state index < -0.39 is 40.4 Å². The summed E-state index contributed by atoms with van der Waals surface area (Å²) in [6.45, 7) is 0. The minimum Gasteiger partial charge on any atom is -0.469 e. The Hall–Kier alpha value is -2.32. The zero-order valence-corrected chi connectivity index (χ0v) is 9.11. The molecule has 98 valence electrons. The van der Waals surface area contributed by atoms with Crippen LogP contribution in [0.25, 0.3) is 0 Å². The molecule has 0 amide bonds. The Bertz CT molecular complexity index is 540. The van der Waals surface area contributed by atoms with Crippen molar-refractivity contribution in [2.45, 2.75) is 12.8 Å². The van der Waals surface area contributed by atoms with Crippen LogP contribution in [0.1, 0.15) is 17.7 Å². The number of nitrogens with zero attached hydrogens (tertiary/aromatic N) is 1. The molecule has 18 heavy (non-hydrogen) atoms. The van der Waals surface area contributed by atoms with Gasteiger partial charge in [0.1, 0.15) is 5.69 Å². The number of ether oxygens (including phenoxy) is 1. The number of nitrogens with one attached hydrogen (secondary N) is 1. The molecule has 0 aliphatic heterocycles. The standard InChI is InChI=1S/C9H8F2N2O5/c1-18-6(14)2-5-7(13(16)17)8(15)4(3-12-5)9(10)11/h3,9H,2H2,1H3,(H,12,15). The van der Waals surface area contributed by atoms with Crippen molar-refractivity contribution in [3.8, 4) is 0 Å². The Balaban J connectivity index is 3.37. The molecular weight excluding hydrogens is 254 g/mol. The molecule has 0 saturated heterocycles. The first-order valence-electron chi connectivity index (χ1n) is 4.62. The van der Waals surface area contributed by atoms with Crippen molar-refractivity contribution in [3.63, 3.8) is 0 Å². The highest BCUT2D eigenvalue weighted by atomic mass is 19.3. The van der Waals surface area contributed by atoms with Crippen LogP contribution < -0.4 is 5.43 Å². The van der Waals surface area contributed by atoms with E-state index in [0.717, 1.165) is 7.11 Å². The Labute approximate surface area is 98.5 Å². The van der Waals surface area contributed by atoms with Crippen LogP contribution in [0.4, 0.5) is 14.5 Å². The maximum absolute atomic E-state index is 12.4. The number of aromatic amines is 1. The molecule has 0 unspecified atom stereocenters. The van der Waals surface area contributed by atoms with Gasteiger partial charge in [-0.3, -0.25) is 19.7 Å². The highest BCUT2D eigenvalue weighted by Crippen LogP contribution is 2.19. The first-order valence-corrected chi connectivity index (χ1v) is 4.62. The fraction of sp³-hybridized carbons (Fsp3) is 0.333. The number of alkyl halides is 2. The third-order valence-corrected chi connectivity index (χ3v) is 2.13. The van der Waals surface area contributed by atoms with Gasteiger partial charge < -0.3 is 9.72 Å². The predicted molar refractivity (Wildman–Crippen MR) is 54.4 cm³/mol. The van der Waals surface area contributed by atoms with Crippen LogP contribution in [-0.2, 0) is 16.0 Å². The van der Waals surface area contributed by atoms with Gasteiger partial charge in [-0.2, -0.15) is 0 Å². The maximum atomic E-state index is 12.4.